The molecule has 2 aromatic carbocycles. The number of carbonyl (C=O) groups is 4. The van der Waals surface area contributed by atoms with Gasteiger partial charge in [0.25, 0.3) is 5.91 Å². The molecule has 0 heterocycles. The van der Waals surface area contributed by atoms with Crippen LogP contribution in [0, 0.1) is 13.8 Å². The Bertz CT molecular complexity index is 921. The van der Waals surface area contributed by atoms with Gasteiger partial charge in [0, 0.05) is 11.3 Å². The van der Waals surface area contributed by atoms with E-state index in [1.165, 1.54) is 6.92 Å². The maximum Gasteiger partial charge on any atom is 0.344 e. The molecule has 8 heteroatoms. The van der Waals surface area contributed by atoms with Gasteiger partial charge in [-0.05, 0) is 62.2 Å². The SMILES string of the molecule is CC(=O)c1ccc(OCC(=O)OCC(=O)NC(=O)Nc2cccc(C)c2C)cc1. The number of rotatable bonds is 7. The number of ether oxygens (including phenoxy) is 2. The molecule has 0 radical (unpaired) electrons. The van der Waals surface area contributed by atoms with Gasteiger partial charge >= 0.3 is 12.0 Å². The minimum absolute atomic E-state index is 0.0800. The number of imide groups is 1. The Kier molecular flexibility index (Phi) is 7.47. The van der Waals surface area contributed by atoms with E-state index in [-0.39, 0.29) is 5.78 Å². The van der Waals surface area contributed by atoms with E-state index in [9.17, 15) is 19.2 Å². The Morgan fingerprint density at radius 3 is 2.28 bits per heavy atom. The molecule has 3 amide bonds. The summed E-state index contributed by atoms with van der Waals surface area (Å²) in [5.41, 5.74) is 2.99. The van der Waals surface area contributed by atoms with Gasteiger partial charge in [0.05, 0.1) is 0 Å². The molecule has 8 nitrogen and oxygen atoms in total. The largest absolute Gasteiger partial charge is 0.482 e. The van der Waals surface area contributed by atoms with Crippen LogP contribution < -0.4 is 15.4 Å². The normalized spacial score (nSPS) is 10.0. The Hall–Kier alpha value is -3.68. The highest BCUT2D eigenvalue weighted by atomic mass is 16.6. The topological polar surface area (TPSA) is 111 Å². The lowest BCUT2D eigenvalue weighted by atomic mass is 10.1. The second kappa shape index (κ2) is 10.0. The lowest BCUT2D eigenvalue weighted by molar-refractivity contribution is -0.150. The summed E-state index contributed by atoms with van der Waals surface area (Å²) in [4.78, 5) is 46.5. The van der Waals surface area contributed by atoms with Gasteiger partial charge in [-0.25, -0.2) is 9.59 Å². The van der Waals surface area contributed by atoms with Crippen molar-refractivity contribution in [3.05, 3.63) is 59.2 Å². The summed E-state index contributed by atoms with van der Waals surface area (Å²) in [7, 11) is 0. The minimum atomic E-state index is -0.772. The molecule has 0 bridgehead atoms. The van der Waals surface area contributed by atoms with E-state index in [1.54, 1.807) is 36.4 Å². The molecule has 29 heavy (non-hydrogen) atoms. The maximum atomic E-state index is 11.9. The third-order valence-corrected chi connectivity index (χ3v) is 4.09. The lowest BCUT2D eigenvalue weighted by Crippen LogP contribution is -2.37. The molecule has 0 spiro atoms. The number of carbonyl (C=O) groups excluding carboxylic acids is 4. The summed E-state index contributed by atoms with van der Waals surface area (Å²) in [6.07, 6.45) is 0. The fourth-order valence-electron chi connectivity index (χ4n) is 2.32. The summed E-state index contributed by atoms with van der Waals surface area (Å²) in [5, 5.41) is 4.65. The van der Waals surface area contributed by atoms with Crippen LogP contribution in [-0.4, -0.2) is 36.9 Å². The van der Waals surface area contributed by atoms with E-state index in [0.717, 1.165) is 11.1 Å². The lowest BCUT2D eigenvalue weighted by Gasteiger charge is -2.11. The first kappa shape index (κ1) is 21.6. The van der Waals surface area contributed by atoms with Gasteiger partial charge in [0.1, 0.15) is 5.75 Å². The highest BCUT2D eigenvalue weighted by Gasteiger charge is 2.13. The van der Waals surface area contributed by atoms with Crippen LogP contribution in [0.4, 0.5) is 10.5 Å². The Labute approximate surface area is 168 Å². The summed E-state index contributed by atoms with van der Waals surface area (Å²) < 4.78 is 9.99. The smallest absolute Gasteiger partial charge is 0.344 e. The molecule has 0 aliphatic rings. The predicted molar refractivity (Wildman–Crippen MR) is 106 cm³/mol. The number of esters is 1. The van der Waals surface area contributed by atoms with Crippen LogP contribution >= 0.6 is 0 Å². The predicted octanol–water partition coefficient (Wildman–Crippen LogP) is 2.78. The summed E-state index contributed by atoms with van der Waals surface area (Å²) in [6.45, 7) is 4.17. The Morgan fingerprint density at radius 2 is 1.62 bits per heavy atom. The van der Waals surface area contributed by atoms with E-state index in [2.05, 4.69) is 10.6 Å². The van der Waals surface area contributed by atoms with E-state index in [1.807, 2.05) is 19.9 Å². The average Bonchev–Trinajstić information content (AvgIpc) is 2.68. The van der Waals surface area contributed by atoms with Crippen LogP contribution in [0.3, 0.4) is 0 Å². The maximum absolute atomic E-state index is 11.9. The van der Waals surface area contributed by atoms with Gasteiger partial charge in [-0.15, -0.1) is 0 Å². The first-order valence-electron chi connectivity index (χ1n) is 8.82. The molecular weight excluding hydrogens is 376 g/mol. The second-order valence-electron chi connectivity index (χ2n) is 6.28. The van der Waals surface area contributed by atoms with Crippen LogP contribution in [0.25, 0.3) is 0 Å². The first-order chi connectivity index (χ1) is 13.8. The molecule has 2 N–H and O–H groups in total. The van der Waals surface area contributed by atoms with Gasteiger partial charge in [-0.1, -0.05) is 12.1 Å². The molecule has 2 aromatic rings. The van der Waals surface area contributed by atoms with Crippen molar-refractivity contribution in [2.75, 3.05) is 18.5 Å². The molecule has 0 aromatic heterocycles. The third kappa shape index (κ3) is 6.76. The number of nitrogens with one attached hydrogen (secondary N) is 2. The molecule has 0 saturated carbocycles. The standard InChI is InChI=1S/C21H22N2O6/c1-13-5-4-6-18(14(13)2)22-21(27)23-19(25)11-29-20(26)12-28-17-9-7-16(8-10-17)15(3)24/h4-10H,11-12H2,1-3H3,(H2,22,23,25,27). The van der Waals surface area contributed by atoms with Gasteiger partial charge in [-0.2, -0.15) is 0 Å². The number of benzene rings is 2. The quantitative estimate of drug-likeness (QED) is 0.548. The Morgan fingerprint density at radius 1 is 0.931 bits per heavy atom. The van der Waals surface area contributed by atoms with Crippen molar-refractivity contribution in [2.24, 2.45) is 0 Å². The highest BCUT2D eigenvalue weighted by Crippen LogP contribution is 2.17. The van der Waals surface area contributed by atoms with E-state index < -0.39 is 31.1 Å². The molecule has 2 rings (SSSR count). The summed E-state index contributed by atoms with van der Waals surface area (Å²) in [5.74, 6) is -1.24. The van der Waals surface area contributed by atoms with E-state index in [0.29, 0.717) is 17.0 Å². The Balaban J connectivity index is 1.72. The zero-order valence-electron chi connectivity index (χ0n) is 16.4. The van der Waals surface area contributed by atoms with Crippen molar-refractivity contribution in [1.82, 2.24) is 5.32 Å². The van der Waals surface area contributed by atoms with Crippen LogP contribution in [0.15, 0.2) is 42.5 Å². The molecule has 0 atom stereocenters. The van der Waals surface area contributed by atoms with Gasteiger partial charge in [0.2, 0.25) is 0 Å². The van der Waals surface area contributed by atoms with Crippen LogP contribution in [-0.2, 0) is 14.3 Å². The molecular formula is C21H22N2O6. The zero-order valence-corrected chi connectivity index (χ0v) is 16.4. The monoisotopic (exact) mass is 398 g/mol. The number of urea groups is 1. The summed E-state index contributed by atoms with van der Waals surface area (Å²) in [6, 6.07) is 10.9. The molecule has 152 valence electrons. The fraction of sp³-hybridized carbons (Fsp3) is 0.238. The van der Waals surface area contributed by atoms with Crippen molar-refractivity contribution in [3.63, 3.8) is 0 Å². The third-order valence-electron chi connectivity index (χ3n) is 4.09. The van der Waals surface area contributed by atoms with Gasteiger partial charge < -0.3 is 14.8 Å². The molecule has 0 unspecified atom stereocenters. The number of amides is 3. The van der Waals surface area contributed by atoms with Crippen LogP contribution in [0.1, 0.15) is 28.4 Å². The van der Waals surface area contributed by atoms with Crippen molar-refractivity contribution >= 4 is 29.4 Å². The van der Waals surface area contributed by atoms with Crippen LogP contribution in [0.5, 0.6) is 5.75 Å². The summed E-state index contributed by atoms with van der Waals surface area (Å²) >= 11 is 0. The minimum Gasteiger partial charge on any atom is -0.482 e. The van der Waals surface area contributed by atoms with Gasteiger partial charge in [0.15, 0.2) is 19.0 Å². The zero-order chi connectivity index (χ0) is 21.4. The second-order valence-corrected chi connectivity index (χ2v) is 6.28. The molecule has 0 aliphatic carbocycles. The van der Waals surface area contributed by atoms with Crippen molar-refractivity contribution in [2.45, 2.75) is 20.8 Å². The van der Waals surface area contributed by atoms with Crippen molar-refractivity contribution in [3.8, 4) is 5.75 Å². The number of aryl methyl sites for hydroxylation is 1. The molecule has 0 aliphatic heterocycles. The van der Waals surface area contributed by atoms with E-state index in [4.69, 9.17) is 9.47 Å². The molecule has 0 fully saturated rings. The molecule has 0 saturated heterocycles. The number of Topliss-reactive ketones (excluding diaryl/α,β-unsaturated/α-hetero) is 1. The number of anilines is 1. The van der Waals surface area contributed by atoms with E-state index >= 15 is 0 Å². The van der Waals surface area contributed by atoms with Crippen molar-refractivity contribution in [1.29, 1.82) is 0 Å². The fourth-order valence-corrected chi connectivity index (χ4v) is 2.32. The average molecular weight is 398 g/mol. The van der Waals surface area contributed by atoms with Crippen molar-refractivity contribution < 1.29 is 28.7 Å². The first-order valence-corrected chi connectivity index (χ1v) is 8.82. The number of hydrogen-bond acceptors (Lipinski definition) is 6. The highest BCUT2D eigenvalue weighted by molar-refractivity contribution is 6.02. The number of hydrogen-bond donors (Lipinski definition) is 2. The van der Waals surface area contributed by atoms with Crippen LogP contribution in [0.2, 0.25) is 0 Å². The number of ketones is 1. The van der Waals surface area contributed by atoms with Gasteiger partial charge in [-0.3, -0.25) is 14.9 Å².